The standard InChI is InChI=1S/C10H12O3/c1-7-8(6-11)4-3-5-9(7)10(12)13-2/h3-5,11H,6H2,1-2H3. The fourth-order valence-corrected chi connectivity index (χ4v) is 1.19. The monoisotopic (exact) mass is 180 g/mol. The van der Waals surface area contributed by atoms with Crippen LogP contribution in [0.5, 0.6) is 0 Å². The van der Waals surface area contributed by atoms with Crippen molar-refractivity contribution in [3.8, 4) is 0 Å². The fourth-order valence-electron chi connectivity index (χ4n) is 1.19. The molecule has 1 rings (SSSR count). The molecule has 1 aromatic carbocycles. The molecule has 0 spiro atoms. The Labute approximate surface area is 77.0 Å². The lowest BCUT2D eigenvalue weighted by molar-refractivity contribution is 0.0599. The summed E-state index contributed by atoms with van der Waals surface area (Å²) in [6.07, 6.45) is 0. The second-order valence-corrected chi connectivity index (χ2v) is 2.74. The smallest absolute Gasteiger partial charge is 0.338 e. The molecule has 0 heterocycles. The van der Waals surface area contributed by atoms with Gasteiger partial charge < -0.3 is 9.84 Å². The lowest BCUT2D eigenvalue weighted by Crippen LogP contribution is -2.05. The lowest BCUT2D eigenvalue weighted by Gasteiger charge is -2.06. The molecule has 0 fully saturated rings. The van der Waals surface area contributed by atoms with Crippen LogP contribution in [-0.4, -0.2) is 18.2 Å². The predicted molar refractivity (Wildman–Crippen MR) is 48.4 cm³/mol. The summed E-state index contributed by atoms with van der Waals surface area (Å²) in [5, 5.41) is 8.95. The number of hydrogen-bond donors (Lipinski definition) is 1. The first-order chi connectivity index (χ1) is 6.20. The summed E-state index contributed by atoms with van der Waals surface area (Å²) in [4.78, 5) is 11.2. The van der Waals surface area contributed by atoms with Gasteiger partial charge in [0.25, 0.3) is 0 Å². The van der Waals surface area contributed by atoms with Gasteiger partial charge in [-0.2, -0.15) is 0 Å². The molecule has 70 valence electrons. The summed E-state index contributed by atoms with van der Waals surface area (Å²) in [7, 11) is 1.34. The van der Waals surface area contributed by atoms with Crippen LogP contribution in [0.1, 0.15) is 21.5 Å². The fraction of sp³-hybridized carbons (Fsp3) is 0.300. The minimum Gasteiger partial charge on any atom is -0.465 e. The topological polar surface area (TPSA) is 46.5 Å². The van der Waals surface area contributed by atoms with Gasteiger partial charge >= 0.3 is 5.97 Å². The number of methoxy groups -OCH3 is 1. The van der Waals surface area contributed by atoms with Gasteiger partial charge in [0.1, 0.15) is 0 Å². The minimum atomic E-state index is -0.368. The number of carbonyl (C=O) groups excluding carboxylic acids is 1. The van der Waals surface area contributed by atoms with E-state index in [-0.39, 0.29) is 12.6 Å². The van der Waals surface area contributed by atoms with E-state index in [0.717, 1.165) is 11.1 Å². The molecule has 3 nitrogen and oxygen atoms in total. The van der Waals surface area contributed by atoms with Gasteiger partial charge in [-0.25, -0.2) is 4.79 Å². The average Bonchev–Trinajstić information content (AvgIpc) is 2.17. The molecule has 0 aliphatic heterocycles. The molecule has 0 atom stereocenters. The van der Waals surface area contributed by atoms with Crippen molar-refractivity contribution in [1.82, 2.24) is 0 Å². The molecule has 0 saturated heterocycles. The van der Waals surface area contributed by atoms with E-state index in [4.69, 9.17) is 5.11 Å². The summed E-state index contributed by atoms with van der Waals surface area (Å²) in [5.41, 5.74) is 2.04. The molecule has 1 aromatic rings. The summed E-state index contributed by atoms with van der Waals surface area (Å²) in [5.74, 6) is -0.368. The van der Waals surface area contributed by atoms with Crippen molar-refractivity contribution in [1.29, 1.82) is 0 Å². The Balaban J connectivity index is 3.15. The Hall–Kier alpha value is -1.35. The van der Waals surface area contributed by atoms with Gasteiger partial charge in [0.05, 0.1) is 19.3 Å². The van der Waals surface area contributed by atoms with E-state index >= 15 is 0 Å². The maximum absolute atomic E-state index is 11.2. The van der Waals surface area contributed by atoms with Gasteiger partial charge in [-0.05, 0) is 24.1 Å². The highest BCUT2D eigenvalue weighted by atomic mass is 16.5. The zero-order valence-corrected chi connectivity index (χ0v) is 7.70. The van der Waals surface area contributed by atoms with Gasteiger partial charge in [-0.15, -0.1) is 0 Å². The van der Waals surface area contributed by atoms with Crippen molar-refractivity contribution in [3.63, 3.8) is 0 Å². The van der Waals surface area contributed by atoms with Crippen LogP contribution >= 0.6 is 0 Å². The van der Waals surface area contributed by atoms with Gasteiger partial charge in [0, 0.05) is 0 Å². The van der Waals surface area contributed by atoms with Crippen LogP contribution < -0.4 is 0 Å². The Kier molecular flexibility index (Phi) is 3.03. The van der Waals surface area contributed by atoms with E-state index in [1.807, 2.05) is 0 Å². The van der Waals surface area contributed by atoms with Crippen LogP contribution in [0, 0.1) is 6.92 Å². The predicted octanol–water partition coefficient (Wildman–Crippen LogP) is 1.27. The third kappa shape index (κ3) is 1.87. The molecule has 1 N–H and O–H groups in total. The van der Waals surface area contributed by atoms with Crippen LogP contribution in [0.25, 0.3) is 0 Å². The quantitative estimate of drug-likeness (QED) is 0.697. The summed E-state index contributed by atoms with van der Waals surface area (Å²) in [6.45, 7) is 1.73. The van der Waals surface area contributed by atoms with Gasteiger partial charge in [-0.3, -0.25) is 0 Å². The van der Waals surface area contributed by atoms with Crippen molar-refractivity contribution >= 4 is 5.97 Å². The van der Waals surface area contributed by atoms with Crippen molar-refractivity contribution in [2.24, 2.45) is 0 Å². The van der Waals surface area contributed by atoms with E-state index in [2.05, 4.69) is 4.74 Å². The van der Waals surface area contributed by atoms with Crippen LogP contribution in [0.2, 0.25) is 0 Å². The molecule has 0 aliphatic rings. The Morgan fingerprint density at radius 3 is 2.77 bits per heavy atom. The second-order valence-electron chi connectivity index (χ2n) is 2.74. The normalized spacial score (nSPS) is 9.77. The van der Waals surface area contributed by atoms with Gasteiger partial charge in [0.15, 0.2) is 0 Å². The number of esters is 1. The first-order valence-corrected chi connectivity index (χ1v) is 3.98. The molecule has 0 bridgehead atoms. The van der Waals surface area contributed by atoms with E-state index in [1.54, 1.807) is 25.1 Å². The number of ether oxygens (including phenoxy) is 1. The highest BCUT2D eigenvalue weighted by Gasteiger charge is 2.10. The molecule has 0 amide bonds. The highest BCUT2D eigenvalue weighted by molar-refractivity contribution is 5.91. The van der Waals surface area contributed by atoms with Gasteiger partial charge in [0.2, 0.25) is 0 Å². The van der Waals surface area contributed by atoms with Crippen LogP contribution in [0.4, 0.5) is 0 Å². The van der Waals surface area contributed by atoms with Gasteiger partial charge in [-0.1, -0.05) is 12.1 Å². The maximum Gasteiger partial charge on any atom is 0.338 e. The molecule has 0 aromatic heterocycles. The molecule has 3 heteroatoms. The van der Waals surface area contributed by atoms with Crippen LogP contribution in [0.15, 0.2) is 18.2 Å². The molecule has 0 radical (unpaired) electrons. The van der Waals surface area contributed by atoms with E-state index < -0.39 is 0 Å². The number of benzene rings is 1. The molecule has 13 heavy (non-hydrogen) atoms. The molecular weight excluding hydrogens is 168 g/mol. The Bertz CT molecular complexity index is 318. The molecule has 0 unspecified atom stereocenters. The summed E-state index contributed by atoms with van der Waals surface area (Å²) >= 11 is 0. The third-order valence-electron chi connectivity index (χ3n) is 2.02. The molecular formula is C10H12O3. The van der Waals surface area contributed by atoms with Crippen molar-refractivity contribution in [2.75, 3.05) is 7.11 Å². The molecule has 0 aliphatic carbocycles. The minimum absolute atomic E-state index is 0.0589. The van der Waals surface area contributed by atoms with Crippen molar-refractivity contribution in [2.45, 2.75) is 13.5 Å². The number of rotatable bonds is 2. The Morgan fingerprint density at radius 1 is 1.54 bits per heavy atom. The van der Waals surface area contributed by atoms with Crippen LogP contribution in [0.3, 0.4) is 0 Å². The summed E-state index contributed by atoms with van der Waals surface area (Å²) < 4.78 is 4.60. The molecule has 0 saturated carbocycles. The summed E-state index contributed by atoms with van der Waals surface area (Å²) in [6, 6.07) is 5.19. The first-order valence-electron chi connectivity index (χ1n) is 3.98. The second kappa shape index (κ2) is 4.05. The zero-order chi connectivity index (χ0) is 9.84. The van der Waals surface area contributed by atoms with E-state index in [0.29, 0.717) is 5.56 Å². The number of hydrogen-bond acceptors (Lipinski definition) is 3. The maximum atomic E-state index is 11.2. The SMILES string of the molecule is COC(=O)c1cccc(CO)c1C. The van der Waals surface area contributed by atoms with E-state index in [9.17, 15) is 4.79 Å². The lowest BCUT2D eigenvalue weighted by atomic mass is 10.0. The number of carbonyl (C=O) groups is 1. The highest BCUT2D eigenvalue weighted by Crippen LogP contribution is 2.14. The zero-order valence-electron chi connectivity index (χ0n) is 7.70. The van der Waals surface area contributed by atoms with Crippen molar-refractivity contribution in [3.05, 3.63) is 34.9 Å². The third-order valence-corrected chi connectivity index (χ3v) is 2.02. The Morgan fingerprint density at radius 2 is 2.23 bits per heavy atom. The van der Waals surface area contributed by atoms with Crippen LogP contribution in [-0.2, 0) is 11.3 Å². The average molecular weight is 180 g/mol. The number of aliphatic hydroxyl groups excluding tert-OH is 1. The first kappa shape index (κ1) is 9.74. The number of aliphatic hydroxyl groups is 1. The van der Waals surface area contributed by atoms with E-state index in [1.165, 1.54) is 7.11 Å². The largest absolute Gasteiger partial charge is 0.465 e. The van der Waals surface area contributed by atoms with Crippen molar-refractivity contribution < 1.29 is 14.6 Å².